The molecule has 5 heteroatoms. The first-order valence-electron chi connectivity index (χ1n) is 4.50. The van der Waals surface area contributed by atoms with Crippen molar-refractivity contribution in [1.29, 1.82) is 0 Å². The predicted molar refractivity (Wildman–Crippen MR) is 61.4 cm³/mol. The summed E-state index contributed by atoms with van der Waals surface area (Å²) in [6.45, 7) is 0. The number of allylic oxidation sites excluding steroid dienone is 2. The molecule has 0 aromatic heterocycles. The van der Waals surface area contributed by atoms with Gasteiger partial charge in [-0.3, -0.25) is 4.79 Å². The van der Waals surface area contributed by atoms with E-state index in [9.17, 15) is 4.79 Å². The van der Waals surface area contributed by atoms with E-state index >= 15 is 0 Å². The van der Waals surface area contributed by atoms with Crippen LogP contribution in [-0.4, -0.2) is 35.8 Å². The fourth-order valence-corrected chi connectivity index (χ4v) is 1.97. The number of hydrogen-bond donors (Lipinski definition) is 0. The minimum atomic E-state index is -0.260. The first-order valence-corrected chi connectivity index (χ1v) is 5.49. The van der Waals surface area contributed by atoms with Crippen molar-refractivity contribution in [2.24, 2.45) is 9.98 Å². The number of fused-ring (bicyclic) bond motifs is 1. The van der Waals surface area contributed by atoms with Gasteiger partial charge in [0.1, 0.15) is 6.04 Å². The van der Waals surface area contributed by atoms with Crippen LogP contribution < -0.4 is 0 Å². The van der Waals surface area contributed by atoms with E-state index in [-0.39, 0.29) is 17.8 Å². The Morgan fingerprint density at radius 2 is 2.47 bits per heavy atom. The van der Waals surface area contributed by atoms with Crippen LogP contribution in [0, 0.1) is 0 Å². The second-order valence-corrected chi connectivity index (χ2v) is 3.94. The normalized spacial score (nSPS) is 22.1. The lowest BCUT2D eigenvalue weighted by Crippen LogP contribution is -2.11. The summed E-state index contributed by atoms with van der Waals surface area (Å²) >= 11 is 1.30. The van der Waals surface area contributed by atoms with E-state index in [4.69, 9.17) is 0 Å². The Labute approximate surface area is 91.8 Å². The lowest BCUT2D eigenvalue weighted by atomic mass is 10.1. The molecule has 2 aliphatic rings. The van der Waals surface area contributed by atoms with Gasteiger partial charge in [-0.15, -0.1) is 0 Å². The molecule has 0 amide bonds. The van der Waals surface area contributed by atoms with Crippen molar-refractivity contribution < 1.29 is 9.53 Å². The number of aliphatic imine (C=N–C) groups is 2. The number of esters is 1. The molecule has 1 aliphatic carbocycles. The smallest absolute Gasteiger partial charge is 0.316 e. The minimum Gasteiger partial charge on any atom is -0.468 e. The van der Waals surface area contributed by atoms with Crippen molar-refractivity contribution in [3.8, 4) is 0 Å². The summed E-state index contributed by atoms with van der Waals surface area (Å²) in [5.41, 5.74) is 0.935. The lowest BCUT2D eigenvalue weighted by Gasteiger charge is -2.02. The summed E-state index contributed by atoms with van der Waals surface area (Å²) in [7, 11) is 1.37. The number of carbonyl (C=O) groups is 1. The number of carbonyl (C=O) groups excluding carboxylic acids is 1. The summed E-state index contributed by atoms with van der Waals surface area (Å²) < 4.78 is 4.54. The van der Waals surface area contributed by atoms with Crippen molar-refractivity contribution in [2.75, 3.05) is 12.9 Å². The Morgan fingerprint density at radius 1 is 1.60 bits per heavy atom. The average Bonchev–Trinajstić information content (AvgIpc) is 2.68. The Morgan fingerprint density at radius 3 is 3.20 bits per heavy atom. The Bertz CT molecular complexity index is 396. The van der Waals surface area contributed by atoms with Crippen molar-refractivity contribution in [2.45, 2.75) is 6.04 Å². The maximum absolute atomic E-state index is 10.9. The van der Waals surface area contributed by atoms with Gasteiger partial charge in [-0.05, 0) is 6.08 Å². The maximum Gasteiger partial charge on any atom is 0.316 e. The molecular weight excluding hydrogens is 212 g/mol. The van der Waals surface area contributed by atoms with Crippen molar-refractivity contribution in [3.63, 3.8) is 0 Å². The van der Waals surface area contributed by atoms with Gasteiger partial charge in [0.2, 0.25) is 0 Å². The van der Waals surface area contributed by atoms with E-state index in [2.05, 4.69) is 14.7 Å². The zero-order chi connectivity index (χ0) is 10.7. The second kappa shape index (κ2) is 4.44. The van der Waals surface area contributed by atoms with Crippen LogP contribution >= 0.6 is 11.8 Å². The summed E-state index contributed by atoms with van der Waals surface area (Å²) in [5, 5.41) is 0.650. The molecule has 2 rings (SSSR count). The van der Waals surface area contributed by atoms with E-state index in [1.54, 1.807) is 0 Å². The zero-order valence-electron chi connectivity index (χ0n) is 8.21. The van der Waals surface area contributed by atoms with Crippen molar-refractivity contribution >= 4 is 28.6 Å². The molecule has 15 heavy (non-hydrogen) atoms. The van der Waals surface area contributed by atoms with Gasteiger partial charge < -0.3 is 4.74 Å². The Balaban J connectivity index is 1.96. The van der Waals surface area contributed by atoms with Gasteiger partial charge in [-0.25, -0.2) is 9.98 Å². The molecule has 1 heterocycles. The van der Waals surface area contributed by atoms with Crippen molar-refractivity contribution in [3.05, 3.63) is 24.3 Å². The SMILES string of the molecule is COC(=O)CSC1=NC2C=CC=CC2=N1. The van der Waals surface area contributed by atoms with Crippen LogP contribution in [0.15, 0.2) is 34.3 Å². The molecule has 0 bridgehead atoms. The number of amidine groups is 1. The topological polar surface area (TPSA) is 51.0 Å². The Kier molecular flexibility index (Phi) is 3.01. The molecular formula is C10H10N2O2S. The predicted octanol–water partition coefficient (Wildman–Crippen LogP) is 1.20. The van der Waals surface area contributed by atoms with Crippen LogP contribution in [0.2, 0.25) is 0 Å². The standard InChI is InChI=1S/C10H10N2O2S/c1-14-9(13)6-15-10-11-7-4-2-3-5-8(7)12-10/h2-5,7H,6H2,1H3. The molecule has 0 saturated carbocycles. The number of nitrogens with zero attached hydrogens (tertiary/aromatic N) is 2. The quantitative estimate of drug-likeness (QED) is 0.660. The molecule has 0 N–H and O–H groups in total. The molecule has 0 aromatic carbocycles. The van der Waals surface area contributed by atoms with Gasteiger partial charge in [0.05, 0.1) is 18.6 Å². The summed E-state index contributed by atoms with van der Waals surface area (Å²) in [5.74, 6) is -0.00411. The molecule has 4 nitrogen and oxygen atoms in total. The van der Waals surface area contributed by atoms with Crippen LogP contribution in [0.5, 0.6) is 0 Å². The first kappa shape index (κ1) is 10.2. The monoisotopic (exact) mass is 222 g/mol. The third-order valence-corrected chi connectivity index (χ3v) is 2.83. The molecule has 78 valence electrons. The highest BCUT2D eigenvalue weighted by Gasteiger charge is 2.20. The number of rotatable bonds is 2. The molecule has 0 radical (unpaired) electrons. The van der Waals surface area contributed by atoms with Gasteiger partial charge in [0, 0.05) is 0 Å². The molecule has 1 unspecified atom stereocenters. The van der Waals surface area contributed by atoms with Gasteiger partial charge in [0.15, 0.2) is 5.17 Å². The molecule has 0 aromatic rings. The van der Waals surface area contributed by atoms with E-state index in [1.165, 1.54) is 18.9 Å². The van der Waals surface area contributed by atoms with E-state index < -0.39 is 0 Å². The van der Waals surface area contributed by atoms with Gasteiger partial charge in [-0.2, -0.15) is 0 Å². The van der Waals surface area contributed by atoms with Crippen LogP contribution in [0.1, 0.15) is 0 Å². The third kappa shape index (κ3) is 2.36. The highest BCUT2D eigenvalue weighted by atomic mass is 32.2. The van der Waals surface area contributed by atoms with Gasteiger partial charge >= 0.3 is 5.97 Å². The molecule has 0 fully saturated rings. The van der Waals surface area contributed by atoms with Gasteiger partial charge in [-0.1, -0.05) is 30.0 Å². The first-order chi connectivity index (χ1) is 7.29. The fourth-order valence-electron chi connectivity index (χ4n) is 1.24. The Hall–Kier alpha value is -1.36. The zero-order valence-corrected chi connectivity index (χ0v) is 9.03. The summed E-state index contributed by atoms with van der Waals surface area (Å²) in [6, 6.07) is 0.0372. The maximum atomic E-state index is 10.9. The molecule has 1 atom stereocenters. The fraction of sp³-hybridized carbons (Fsp3) is 0.300. The highest BCUT2D eigenvalue weighted by Crippen LogP contribution is 2.18. The number of thioether (sulfide) groups is 1. The van der Waals surface area contributed by atoms with Crippen LogP contribution in [-0.2, 0) is 9.53 Å². The van der Waals surface area contributed by atoms with Crippen LogP contribution in [0.25, 0.3) is 0 Å². The van der Waals surface area contributed by atoms with Crippen LogP contribution in [0.4, 0.5) is 0 Å². The van der Waals surface area contributed by atoms with Crippen molar-refractivity contribution in [1.82, 2.24) is 0 Å². The molecule has 0 saturated heterocycles. The largest absolute Gasteiger partial charge is 0.468 e. The van der Waals surface area contributed by atoms with Gasteiger partial charge in [0.25, 0.3) is 0 Å². The van der Waals surface area contributed by atoms with E-state index in [1.807, 2.05) is 24.3 Å². The highest BCUT2D eigenvalue weighted by molar-refractivity contribution is 8.14. The lowest BCUT2D eigenvalue weighted by molar-refractivity contribution is -0.137. The minimum absolute atomic E-state index is 0.0372. The van der Waals surface area contributed by atoms with E-state index in [0.717, 1.165) is 5.71 Å². The number of hydrogen-bond acceptors (Lipinski definition) is 5. The van der Waals surface area contributed by atoms with Crippen LogP contribution in [0.3, 0.4) is 0 Å². The van der Waals surface area contributed by atoms with E-state index in [0.29, 0.717) is 5.17 Å². The average molecular weight is 222 g/mol. The number of methoxy groups -OCH3 is 1. The summed E-state index contributed by atoms with van der Waals surface area (Å²) in [6.07, 6.45) is 7.78. The molecule has 0 spiro atoms. The summed E-state index contributed by atoms with van der Waals surface area (Å²) in [4.78, 5) is 19.6. The third-order valence-electron chi connectivity index (χ3n) is 2.00. The number of ether oxygens (including phenoxy) is 1. The second-order valence-electron chi connectivity index (χ2n) is 3.00. The molecule has 1 aliphatic heterocycles.